The van der Waals surface area contributed by atoms with Crippen molar-refractivity contribution in [3.05, 3.63) is 66.1 Å². The number of nitrogens with one attached hydrogen (secondary N) is 1. The van der Waals surface area contributed by atoms with Gasteiger partial charge in [-0.3, -0.25) is 9.78 Å². The maximum Gasteiger partial charge on any atom is 0.241 e. The minimum absolute atomic E-state index is 0.108. The highest BCUT2D eigenvalue weighted by Gasteiger charge is 2.26. The quantitative estimate of drug-likeness (QED) is 0.461. The minimum atomic E-state index is -0.319. The Morgan fingerprint density at radius 3 is 2.81 bits per heavy atom. The van der Waals surface area contributed by atoms with Gasteiger partial charge in [0.05, 0.1) is 17.1 Å². The van der Waals surface area contributed by atoms with E-state index in [-0.39, 0.29) is 12.0 Å². The molecule has 2 atom stereocenters. The van der Waals surface area contributed by atoms with Crippen LogP contribution >= 0.6 is 0 Å². The molecule has 7 nitrogen and oxygen atoms in total. The number of rotatable bonds is 5. The summed E-state index contributed by atoms with van der Waals surface area (Å²) >= 11 is 0. The van der Waals surface area contributed by atoms with Gasteiger partial charge in [0.25, 0.3) is 0 Å². The summed E-state index contributed by atoms with van der Waals surface area (Å²) in [5.41, 5.74) is 3.65. The third-order valence-corrected chi connectivity index (χ3v) is 5.74. The van der Waals surface area contributed by atoms with Crippen LogP contribution in [-0.2, 0) is 0 Å². The van der Waals surface area contributed by atoms with Crippen molar-refractivity contribution in [1.29, 1.82) is 0 Å². The van der Waals surface area contributed by atoms with Crippen LogP contribution in [0.25, 0.3) is 22.4 Å². The van der Waals surface area contributed by atoms with Gasteiger partial charge in [-0.15, -0.1) is 0 Å². The Balaban J connectivity index is 1.50. The van der Waals surface area contributed by atoms with E-state index in [1.54, 1.807) is 30.6 Å². The molecule has 0 unspecified atom stereocenters. The summed E-state index contributed by atoms with van der Waals surface area (Å²) in [6.07, 6.45) is 7.11. The second-order valence-electron chi connectivity index (χ2n) is 7.84. The van der Waals surface area contributed by atoms with Crippen LogP contribution in [-0.4, -0.2) is 37.4 Å². The van der Waals surface area contributed by atoms with Gasteiger partial charge >= 0.3 is 0 Å². The lowest BCUT2D eigenvalue weighted by Crippen LogP contribution is -2.19. The summed E-state index contributed by atoms with van der Waals surface area (Å²) in [6, 6.07) is 13.0. The lowest BCUT2D eigenvalue weighted by atomic mass is 9.85. The van der Waals surface area contributed by atoms with E-state index in [9.17, 15) is 9.90 Å². The van der Waals surface area contributed by atoms with Gasteiger partial charge in [-0.1, -0.05) is 18.6 Å². The van der Waals surface area contributed by atoms with E-state index >= 15 is 0 Å². The molecule has 7 heteroatoms. The Kier molecular flexibility index (Phi) is 5.18. The summed E-state index contributed by atoms with van der Waals surface area (Å²) in [7, 11) is 0. The first-order valence-electron chi connectivity index (χ1n) is 10.4. The average molecular weight is 414 g/mol. The van der Waals surface area contributed by atoms with Crippen LogP contribution in [0.2, 0.25) is 0 Å². The molecule has 0 saturated heterocycles. The number of aromatic nitrogens is 4. The summed E-state index contributed by atoms with van der Waals surface area (Å²) in [5.74, 6) is 1.68. The van der Waals surface area contributed by atoms with E-state index in [1.165, 1.54) is 0 Å². The molecule has 31 heavy (non-hydrogen) atoms. The largest absolute Gasteiger partial charge is 0.437 e. The summed E-state index contributed by atoms with van der Waals surface area (Å²) in [5, 5.41) is 10.1. The molecule has 0 spiro atoms. The molecule has 0 aliphatic heterocycles. The highest BCUT2D eigenvalue weighted by Crippen LogP contribution is 2.37. The molecule has 5 rings (SSSR count). The Hall–Kier alpha value is -3.58. The number of aliphatic hydroxyl groups is 1. The fraction of sp³-hybridized carbons (Fsp3) is 0.250. The van der Waals surface area contributed by atoms with Crippen LogP contribution in [0.4, 0.5) is 0 Å². The molecule has 2 aromatic heterocycles. The number of aromatic amines is 1. The topological polar surface area (TPSA) is 101 Å². The Morgan fingerprint density at radius 1 is 1.10 bits per heavy atom. The average Bonchev–Trinajstić information content (AvgIpc) is 3.24. The molecule has 4 aromatic rings. The zero-order valence-corrected chi connectivity index (χ0v) is 16.9. The standard InChI is InChI=1S/C24H22N4O3/c29-14-16-8-9-18(13-19(16)23-27-20-6-1-2-7-21(20)28-23)31-24-22(25-10-11-26-24)15-4-3-5-17(30)12-15/h1-2,6-11,13-15,17,30H,3-5,12H2,(H,27,28)/t15-,17-/m0/s1. The molecule has 2 aromatic carbocycles. The third-order valence-electron chi connectivity index (χ3n) is 5.74. The first kappa shape index (κ1) is 19.4. The fourth-order valence-electron chi connectivity index (χ4n) is 4.21. The molecule has 156 valence electrons. The number of aliphatic hydroxyl groups excluding tert-OH is 1. The second kappa shape index (κ2) is 8.28. The number of H-pyrrole nitrogens is 1. The predicted molar refractivity (Wildman–Crippen MR) is 116 cm³/mol. The van der Waals surface area contributed by atoms with Gasteiger partial charge in [0.1, 0.15) is 17.3 Å². The van der Waals surface area contributed by atoms with Crippen molar-refractivity contribution in [2.75, 3.05) is 0 Å². The van der Waals surface area contributed by atoms with Crippen LogP contribution < -0.4 is 4.74 Å². The molecular formula is C24H22N4O3. The van der Waals surface area contributed by atoms with Crippen molar-refractivity contribution >= 4 is 17.3 Å². The first-order valence-corrected chi connectivity index (χ1v) is 10.4. The molecular weight excluding hydrogens is 392 g/mol. The highest BCUT2D eigenvalue weighted by molar-refractivity contribution is 5.89. The number of hydrogen-bond acceptors (Lipinski definition) is 6. The second-order valence-corrected chi connectivity index (χ2v) is 7.84. The van der Waals surface area contributed by atoms with Crippen molar-refractivity contribution in [3.8, 4) is 23.0 Å². The van der Waals surface area contributed by atoms with Crippen molar-refractivity contribution in [2.45, 2.75) is 37.7 Å². The number of ether oxygens (including phenoxy) is 1. The molecule has 0 bridgehead atoms. The number of imidazole rings is 1. The summed E-state index contributed by atoms with van der Waals surface area (Å²) in [6.45, 7) is 0. The molecule has 0 amide bonds. The summed E-state index contributed by atoms with van der Waals surface area (Å²) in [4.78, 5) is 28.4. The van der Waals surface area contributed by atoms with Gasteiger partial charge in [-0.2, -0.15) is 0 Å². The Bertz CT molecular complexity index is 1200. The van der Waals surface area contributed by atoms with Crippen LogP contribution in [0, 0.1) is 0 Å². The van der Waals surface area contributed by atoms with E-state index in [1.807, 2.05) is 24.3 Å². The third kappa shape index (κ3) is 3.92. The zero-order valence-electron chi connectivity index (χ0n) is 16.9. The van der Waals surface area contributed by atoms with Gasteiger partial charge in [0, 0.05) is 29.4 Å². The maximum absolute atomic E-state index is 11.6. The smallest absolute Gasteiger partial charge is 0.241 e. The molecule has 1 saturated carbocycles. The van der Waals surface area contributed by atoms with Crippen molar-refractivity contribution in [3.63, 3.8) is 0 Å². The van der Waals surface area contributed by atoms with Gasteiger partial charge in [-0.25, -0.2) is 9.97 Å². The molecule has 1 fully saturated rings. The number of benzene rings is 2. The minimum Gasteiger partial charge on any atom is -0.437 e. The van der Waals surface area contributed by atoms with E-state index in [0.717, 1.165) is 42.3 Å². The highest BCUT2D eigenvalue weighted by atomic mass is 16.5. The number of para-hydroxylation sites is 2. The van der Waals surface area contributed by atoms with Gasteiger partial charge < -0.3 is 14.8 Å². The zero-order chi connectivity index (χ0) is 21.2. The number of hydrogen-bond donors (Lipinski definition) is 2. The van der Waals surface area contributed by atoms with E-state index in [4.69, 9.17) is 4.74 Å². The number of nitrogens with zero attached hydrogens (tertiary/aromatic N) is 3. The predicted octanol–water partition coefficient (Wildman–Crippen LogP) is 4.64. The van der Waals surface area contributed by atoms with Crippen molar-refractivity contribution < 1.29 is 14.6 Å². The van der Waals surface area contributed by atoms with Crippen molar-refractivity contribution in [1.82, 2.24) is 19.9 Å². The van der Waals surface area contributed by atoms with E-state index in [0.29, 0.717) is 35.0 Å². The molecule has 0 radical (unpaired) electrons. The lowest BCUT2D eigenvalue weighted by Gasteiger charge is -2.26. The first-order chi connectivity index (χ1) is 15.2. The van der Waals surface area contributed by atoms with Gasteiger partial charge in [0.2, 0.25) is 5.88 Å². The lowest BCUT2D eigenvalue weighted by molar-refractivity contribution is 0.112. The summed E-state index contributed by atoms with van der Waals surface area (Å²) < 4.78 is 6.12. The molecule has 2 N–H and O–H groups in total. The molecule has 1 aliphatic rings. The monoisotopic (exact) mass is 414 g/mol. The van der Waals surface area contributed by atoms with E-state index < -0.39 is 0 Å². The Morgan fingerprint density at radius 2 is 1.97 bits per heavy atom. The normalized spacial score (nSPS) is 18.7. The number of fused-ring (bicyclic) bond motifs is 1. The van der Waals surface area contributed by atoms with Crippen LogP contribution in [0.3, 0.4) is 0 Å². The van der Waals surface area contributed by atoms with Gasteiger partial charge in [-0.05, 0) is 49.6 Å². The maximum atomic E-state index is 11.6. The van der Waals surface area contributed by atoms with Crippen LogP contribution in [0.1, 0.15) is 47.7 Å². The van der Waals surface area contributed by atoms with Crippen LogP contribution in [0.5, 0.6) is 11.6 Å². The Labute approximate surface area is 179 Å². The van der Waals surface area contributed by atoms with Crippen LogP contribution in [0.15, 0.2) is 54.9 Å². The number of aldehydes is 1. The van der Waals surface area contributed by atoms with E-state index in [2.05, 4.69) is 19.9 Å². The number of carbonyl (C=O) groups excluding carboxylic acids is 1. The fourth-order valence-corrected chi connectivity index (χ4v) is 4.21. The molecule has 1 aliphatic carbocycles. The number of carbonyl (C=O) groups is 1. The molecule has 2 heterocycles. The van der Waals surface area contributed by atoms with Crippen molar-refractivity contribution in [2.24, 2.45) is 0 Å². The SMILES string of the molecule is O=Cc1ccc(Oc2nccnc2[C@H]2CCC[C@H](O)C2)cc1-c1nc2ccccc2[nH]1. The van der Waals surface area contributed by atoms with Gasteiger partial charge in [0.15, 0.2) is 6.29 Å².